The van der Waals surface area contributed by atoms with Gasteiger partial charge in [-0.15, -0.1) is 0 Å². The van der Waals surface area contributed by atoms with E-state index in [4.69, 9.17) is 0 Å². The van der Waals surface area contributed by atoms with E-state index >= 15 is 0 Å². The highest BCUT2D eigenvalue weighted by Crippen LogP contribution is 2.21. The zero-order chi connectivity index (χ0) is 17.2. The van der Waals surface area contributed by atoms with Gasteiger partial charge in [0, 0.05) is 44.1 Å². The average molecular weight is 336 g/mol. The molecule has 1 aliphatic heterocycles. The molecule has 3 aromatic rings. The van der Waals surface area contributed by atoms with Crippen LogP contribution in [0.1, 0.15) is 10.4 Å². The summed E-state index contributed by atoms with van der Waals surface area (Å²) in [5, 5.41) is 0. The Hall–Kier alpha value is -3.02. The Balaban J connectivity index is 1.48. The van der Waals surface area contributed by atoms with Crippen molar-refractivity contribution in [2.24, 2.45) is 0 Å². The molecule has 4 rings (SSSR count). The van der Waals surface area contributed by atoms with Crippen LogP contribution in [0.5, 0.6) is 0 Å². The molecule has 126 valence electrons. The average Bonchev–Trinajstić information content (AvgIpc) is 2.67. The lowest BCUT2D eigenvalue weighted by Crippen LogP contribution is -2.49. The largest absolute Gasteiger partial charge is 0.366 e. The second-order valence-electron chi connectivity index (χ2n) is 5.99. The van der Waals surface area contributed by atoms with Crippen LogP contribution in [0.15, 0.2) is 54.9 Å². The molecule has 1 aliphatic rings. The molecule has 0 radical (unpaired) electrons. The fourth-order valence-corrected chi connectivity index (χ4v) is 3.14. The molecule has 0 N–H and O–H groups in total. The van der Waals surface area contributed by atoms with E-state index < -0.39 is 0 Å². The van der Waals surface area contributed by atoms with Crippen molar-refractivity contribution >= 4 is 22.6 Å². The lowest BCUT2D eigenvalue weighted by molar-refractivity contribution is 0.0747. The fraction of sp³-hybridized carbons (Fsp3) is 0.211. The van der Waals surface area contributed by atoms with Crippen LogP contribution in [0.3, 0.4) is 0 Å². The van der Waals surface area contributed by atoms with E-state index in [1.165, 1.54) is 6.07 Å². The summed E-state index contributed by atoms with van der Waals surface area (Å²) in [5.41, 5.74) is 2.67. The van der Waals surface area contributed by atoms with Crippen molar-refractivity contribution in [3.8, 4) is 0 Å². The van der Waals surface area contributed by atoms with Crippen molar-refractivity contribution in [3.63, 3.8) is 0 Å². The van der Waals surface area contributed by atoms with Gasteiger partial charge >= 0.3 is 0 Å². The minimum Gasteiger partial charge on any atom is -0.366 e. The smallest absolute Gasteiger partial charge is 0.254 e. The molecule has 0 spiro atoms. The van der Waals surface area contributed by atoms with Crippen LogP contribution in [0.25, 0.3) is 11.0 Å². The molecule has 6 heteroatoms. The number of benzene rings is 2. The molecule has 1 saturated heterocycles. The van der Waals surface area contributed by atoms with Gasteiger partial charge in [-0.05, 0) is 30.3 Å². The molecular formula is C19H17FN4O. The van der Waals surface area contributed by atoms with E-state index in [-0.39, 0.29) is 11.7 Å². The monoisotopic (exact) mass is 336 g/mol. The van der Waals surface area contributed by atoms with Crippen LogP contribution in [-0.4, -0.2) is 47.0 Å². The number of carbonyl (C=O) groups excluding carboxylic acids is 1. The third-order valence-electron chi connectivity index (χ3n) is 4.48. The SMILES string of the molecule is O=C(c1ccc2nccnc2c1)N1CCN(c2ccccc2F)CC1. The maximum absolute atomic E-state index is 13.9. The van der Waals surface area contributed by atoms with E-state index in [0.29, 0.717) is 42.9 Å². The van der Waals surface area contributed by atoms with Gasteiger partial charge < -0.3 is 9.80 Å². The summed E-state index contributed by atoms with van der Waals surface area (Å²) in [4.78, 5) is 25.0. The summed E-state index contributed by atoms with van der Waals surface area (Å²) >= 11 is 0. The number of para-hydroxylation sites is 1. The maximum atomic E-state index is 13.9. The van der Waals surface area contributed by atoms with E-state index in [0.717, 1.165) is 5.52 Å². The van der Waals surface area contributed by atoms with Gasteiger partial charge in [-0.2, -0.15) is 0 Å². The first-order valence-corrected chi connectivity index (χ1v) is 8.22. The Morgan fingerprint density at radius 3 is 2.40 bits per heavy atom. The Morgan fingerprint density at radius 1 is 0.920 bits per heavy atom. The van der Waals surface area contributed by atoms with Gasteiger partial charge in [0.15, 0.2) is 0 Å². The molecule has 0 atom stereocenters. The van der Waals surface area contributed by atoms with E-state index in [2.05, 4.69) is 9.97 Å². The molecule has 1 fully saturated rings. The third kappa shape index (κ3) is 3.03. The topological polar surface area (TPSA) is 49.3 Å². The van der Waals surface area contributed by atoms with Crippen LogP contribution in [0.2, 0.25) is 0 Å². The standard InChI is InChI=1S/C19H17FN4O/c20-15-3-1-2-4-18(15)23-9-11-24(12-10-23)19(25)14-5-6-16-17(13-14)22-8-7-21-16/h1-8,13H,9-12H2. The number of hydrogen-bond acceptors (Lipinski definition) is 4. The molecule has 5 nitrogen and oxygen atoms in total. The number of halogens is 1. The zero-order valence-corrected chi connectivity index (χ0v) is 13.6. The molecule has 0 saturated carbocycles. The van der Waals surface area contributed by atoms with Gasteiger partial charge in [0.2, 0.25) is 0 Å². The number of amides is 1. The molecule has 0 bridgehead atoms. The predicted molar refractivity (Wildman–Crippen MR) is 94.1 cm³/mol. The predicted octanol–water partition coefficient (Wildman–Crippen LogP) is 2.73. The summed E-state index contributed by atoms with van der Waals surface area (Å²) in [6, 6.07) is 12.1. The molecule has 1 amide bonds. The molecule has 2 heterocycles. The van der Waals surface area contributed by atoms with Gasteiger partial charge in [0.05, 0.1) is 16.7 Å². The summed E-state index contributed by atoms with van der Waals surface area (Å²) in [6.07, 6.45) is 3.25. The number of hydrogen-bond donors (Lipinski definition) is 0. The number of anilines is 1. The Kier molecular flexibility index (Phi) is 4.01. The first-order chi connectivity index (χ1) is 12.2. The molecule has 0 unspecified atom stereocenters. The van der Waals surface area contributed by atoms with Crippen molar-refractivity contribution in [3.05, 3.63) is 66.2 Å². The highest BCUT2D eigenvalue weighted by molar-refractivity contribution is 5.97. The Bertz CT molecular complexity index is 922. The van der Waals surface area contributed by atoms with Crippen LogP contribution in [0, 0.1) is 5.82 Å². The van der Waals surface area contributed by atoms with Gasteiger partial charge in [-0.25, -0.2) is 4.39 Å². The number of rotatable bonds is 2. The molecular weight excluding hydrogens is 319 g/mol. The third-order valence-corrected chi connectivity index (χ3v) is 4.48. The number of piperazine rings is 1. The first-order valence-electron chi connectivity index (χ1n) is 8.22. The van der Waals surface area contributed by atoms with Crippen molar-refractivity contribution < 1.29 is 9.18 Å². The summed E-state index contributed by atoms with van der Waals surface area (Å²) < 4.78 is 13.9. The molecule has 1 aromatic heterocycles. The molecule has 0 aliphatic carbocycles. The minimum absolute atomic E-state index is 0.0271. The van der Waals surface area contributed by atoms with Gasteiger partial charge in [0.1, 0.15) is 5.82 Å². The van der Waals surface area contributed by atoms with Gasteiger partial charge in [-0.1, -0.05) is 12.1 Å². The van der Waals surface area contributed by atoms with Crippen molar-refractivity contribution in [2.45, 2.75) is 0 Å². The second-order valence-corrected chi connectivity index (χ2v) is 5.99. The van der Waals surface area contributed by atoms with Crippen molar-refractivity contribution in [1.82, 2.24) is 14.9 Å². The fourth-order valence-electron chi connectivity index (χ4n) is 3.14. The number of aromatic nitrogens is 2. The highest BCUT2D eigenvalue weighted by atomic mass is 19.1. The maximum Gasteiger partial charge on any atom is 0.254 e. The molecule has 25 heavy (non-hydrogen) atoms. The summed E-state index contributed by atoms with van der Waals surface area (Å²) in [6.45, 7) is 2.34. The number of nitrogens with zero attached hydrogens (tertiary/aromatic N) is 4. The van der Waals surface area contributed by atoms with Gasteiger partial charge in [0.25, 0.3) is 5.91 Å². The van der Waals surface area contributed by atoms with E-state index in [1.807, 2.05) is 17.0 Å². The normalized spacial score (nSPS) is 14.8. The molecule has 2 aromatic carbocycles. The van der Waals surface area contributed by atoms with Crippen molar-refractivity contribution in [2.75, 3.05) is 31.1 Å². The van der Waals surface area contributed by atoms with E-state index in [9.17, 15) is 9.18 Å². The van der Waals surface area contributed by atoms with E-state index in [1.54, 1.807) is 41.6 Å². The van der Waals surface area contributed by atoms with Crippen LogP contribution in [0.4, 0.5) is 10.1 Å². The first kappa shape index (κ1) is 15.5. The Labute approximate surface area is 144 Å². The van der Waals surface area contributed by atoms with Gasteiger partial charge in [-0.3, -0.25) is 14.8 Å². The quantitative estimate of drug-likeness (QED) is 0.722. The van der Waals surface area contributed by atoms with Crippen molar-refractivity contribution in [1.29, 1.82) is 0 Å². The summed E-state index contributed by atoms with van der Waals surface area (Å²) in [5.74, 6) is -0.254. The number of fused-ring (bicyclic) bond motifs is 1. The van der Waals surface area contributed by atoms with Crippen LogP contribution in [-0.2, 0) is 0 Å². The lowest BCUT2D eigenvalue weighted by Gasteiger charge is -2.36. The summed E-state index contributed by atoms with van der Waals surface area (Å²) in [7, 11) is 0. The lowest BCUT2D eigenvalue weighted by atomic mass is 10.1. The minimum atomic E-state index is -0.226. The second kappa shape index (κ2) is 6.47. The number of carbonyl (C=O) groups is 1. The van der Waals surface area contributed by atoms with Crippen LogP contribution >= 0.6 is 0 Å². The highest BCUT2D eigenvalue weighted by Gasteiger charge is 2.23. The Morgan fingerprint density at radius 2 is 1.64 bits per heavy atom. The zero-order valence-electron chi connectivity index (χ0n) is 13.6. The van der Waals surface area contributed by atoms with Crippen LogP contribution < -0.4 is 4.90 Å².